The number of guanidine groups is 1. The number of nitrogens with one attached hydrogen (secondary N) is 2. The van der Waals surface area contributed by atoms with Crippen molar-refractivity contribution in [3.8, 4) is 0 Å². The molecule has 0 radical (unpaired) electrons. The fourth-order valence-corrected chi connectivity index (χ4v) is 4.82. The number of hydrogen-bond donors (Lipinski definition) is 2. The van der Waals surface area contributed by atoms with Gasteiger partial charge in [0.25, 0.3) is 0 Å². The van der Waals surface area contributed by atoms with Crippen molar-refractivity contribution in [2.45, 2.75) is 38.3 Å². The Bertz CT molecular complexity index is 392. The molecular weight excluding hydrogens is 296 g/mol. The Kier molecular flexibility index (Phi) is 5.52. The highest BCUT2D eigenvalue weighted by Crippen LogP contribution is 2.34. The molecule has 0 bridgehead atoms. The molecule has 3 unspecified atom stereocenters. The molecular formula is C16H30N4OS. The maximum absolute atomic E-state index is 5.53. The van der Waals surface area contributed by atoms with Crippen LogP contribution in [-0.2, 0) is 4.74 Å². The van der Waals surface area contributed by atoms with Gasteiger partial charge in [-0.3, -0.25) is 9.89 Å². The summed E-state index contributed by atoms with van der Waals surface area (Å²) in [5.74, 6) is 4.26. The van der Waals surface area contributed by atoms with Crippen LogP contribution in [0.2, 0.25) is 0 Å². The first-order valence-corrected chi connectivity index (χ1v) is 9.84. The Morgan fingerprint density at radius 2 is 2.18 bits per heavy atom. The van der Waals surface area contributed by atoms with Crippen LogP contribution in [0.25, 0.3) is 0 Å². The van der Waals surface area contributed by atoms with E-state index in [1.54, 1.807) is 0 Å². The molecule has 3 fully saturated rings. The quantitative estimate of drug-likeness (QED) is 0.586. The lowest BCUT2D eigenvalue weighted by Gasteiger charge is -2.42. The molecule has 0 aromatic heterocycles. The minimum atomic E-state index is 0.242. The fraction of sp³-hybridized carbons (Fsp3) is 0.938. The molecule has 3 atom stereocenters. The first-order valence-electron chi connectivity index (χ1n) is 8.69. The lowest BCUT2D eigenvalue weighted by Crippen LogP contribution is -2.56. The van der Waals surface area contributed by atoms with Gasteiger partial charge in [0.15, 0.2) is 5.96 Å². The number of nitrogens with zero attached hydrogens (tertiary/aromatic N) is 2. The average molecular weight is 327 g/mol. The van der Waals surface area contributed by atoms with Gasteiger partial charge in [0.05, 0.1) is 25.3 Å². The van der Waals surface area contributed by atoms with Crippen molar-refractivity contribution in [2.75, 3.05) is 50.9 Å². The summed E-state index contributed by atoms with van der Waals surface area (Å²) >= 11 is 2.07. The zero-order valence-electron chi connectivity index (χ0n) is 13.9. The number of ether oxygens (including phenoxy) is 1. The van der Waals surface area contributed by atoms with Crippen molar-refractivity contribution < 1.29 is 4.74 Å². The molecule has 2 saturated heterocycles. The Labute approximate surface area is 138 Å². The van der Waals surface area contributed by atoms with E-state index in [1.807, 2.05) is 0 Å². The predicted octanol–water partition coefficient (Wildman–Crippen LogP) is 1.16. The van der Waals surface area contributed by atoms with Gasteiger partial charge in [-0.05, 0) is 31.4 Å². The van der Waals surface area contributed by atoms with Crippen molar-refractivity contribution in [2.24, 2.45) is 10.9 Å². The molecule has 126 valence electrons. The van der Waals surface area contributed by atoms with Crippen LogP contribution in [0.4, 0.5) is 0 Å². The van der Waals surface area contributed by atoms with Crippen LogP contribution in [0.1, 0.15) is 26.7 Å². The van der Waals surface area contributed by atoms with Crippen molar-refractivity contribution in [3.63, 3.8) is 0 Å². The van der Waals surface area contributed by atoms with Crippen LogP contribution < -0.4 is 10.6 Å². The zero-order valence-corrected chi connectivity index (χ0v) is 14.8. The summed E-state index contributed by atoms with van der Waals surface area (Å²) in [5.41, 5.74) is 0.242. The third-order valence-corrected chi connectivity index (χ3v) is 6.31. The predicted molar refractivity (Wildman–Crippen MR) is 93.7 cm³/mol. The molecule has 1 saturated carbocycles. The molecule has 3 aliphatic rings. The SMILES string of the molecule is CCNC(=NCC1(N2CCOCC2)CCSC1)NC1CC1C. The molecule has 0 aromatic rings. The summed E-state index contributed by atoms with van der Waals surface area (Å²) < 4.78 is 5.53. The largest absolute Gasteiger partial charge is 0.379 e. The van der Waals surface area contributed by atoms with Gasteiger partial charge in [-0.15, -0.1) is 0 Å². The second-order valence-electron chi connectivity index (χ2n) is 6.79. The summed E-state index contributed by atoms with van der Waals surface area (Å²) in [6.45, 7) is 10.1. The summed E-state index contributed by atoms with van der Waals surface area (Å²) in [5, 5.41) is 6.98. The van der Waals surface area contributed by atoms with E-state index in [1.165, 1.54) is 24.3 Å². The maximum atomic E-state index is 5.53. The number of rotatable bonds is 5. The van der Waals surface area contributed by atoms with Crippen molar-refractivity contribution >= 4 is 17.7 Å². The lowest BCUT2D eigenvalue weighted by molar-refractivity contribution is -0.0104. The van der Waals surface area contributed by atoms with E-state index in [9.17, 15) is 0 Å². The van der Waals surface area contributed by atoms with Crippen LogP contribution >= 0.6 is 11.8 Å². The van der Waals surface area contributed by atoms with Crippen LogP contribution in [0.3, 0.4) is 0 Å². The summed E-state index contributed by atoms with van der Waals surface area (Å²) in [6.07, 6.45) is 2.52. The molecule has 2 aliphatic heterocycles. The van der Waals surface area contributed by atoms with Gasteiger partial charge < -0.3 is 15.4 Å². The fourth-order valence-electron chi connectivity index (χ4n) is 3.35. The summed E-state index contributed by atoms with van der Waals surface area (Å²) in [6, 6.07) is 0.620. The van der Waals surface area contributed by atoms with Gasteiger partial charge in [-0.2, -0.15) is 11.8 Å². The zero-order chi connectivity index (χ0) is 15.4. The van der Waals surface area contributed by atoms with Gasteiger partial charge in [-0.1, -0.05) is 6.92 Å². The topological polar surface area (TPSA) is 48.9 Å². The van der Waals surface area contributed by atoms with Gasteiger partial charge in [0, 0.05) is 31.4 Å². The van der Waals surface area contributed by atoms with Gasteiger partial charge in [0.1, 0.15) is 0 Å². The highest BCUT2D eigenvalue weighted by Gasteiger charge is 2.41. The average Bonchev–Trinajstić information content (AvgIpc) is 3.03. The third-order valence-electron chi connectivity index (χ3n) is 5.07. The van der Waals surface area contributed by atoms with E-state index in [-0.39, 0.29) is 5.54 Å². The minimum absolute atomic E-state index is 0.242. The van der Waals surface area contributed by atoms with E-state index in [2.05, 4.69) is 41.1 Å². The molecule has 6 heteroatoms. The second kappa shape index (κ2) is 7.41. The van der Waals surface area contributed by atoms with Crippen molar-refractivity contribution in [1.82, 2.24) is 15.5 Å². The minimum Gasteiger partial charge on any atom is -0.379 e. The maximum Gasteiger partial charge on any atom is 0.191 e. The highest BCUT2D eigenvalue weighted by molar-refractivity contribution is 7.99. The molecule has 22 heavy (non-hydrogen) atoms. The van der Waals surface area contributed by atoms with E-state index < -0.39 is 0 Å². The van der Waals surface area contributed by atoms with Crippen LogP contribution in [0.15, 0.2) is 4.99 Å². The molecule has 5 nitrogen and oxygen atoms in total. The normalized spacial score (nSPS) is 36.4. The molecule has 0 amide bonds. The number of hydrogen-bond acceptors (Lipinski definition) is 4. The molecule has 3 rings (SSSR count). The molecule has 2 heterocycles. The summed E-state index contributed by atoms with van der Waals surface area (Å²) in [7, 11) is 0. The number of aliphatic imine (C=N–C) groups is 1. The first-order chi connectivity index (χ1) is 10.7. The van der Waals surface area contributed by atoms with Crippen molar-refractivity contribution in [1.29, 1.82) is 0 Å². The van der Waals surface area contributed by atoms with Crippen LogP contribution in [0, 0.1) is 5.92 Å². The van der Waals surface area contributed by atoms with Crippen LogP contribution in [0.5, 0.6) is 0 Å². The van der Waals surface area contributed by atoms with E-state index in [0.717, 1.165) is 51.3 Å². The lowest BCUT2D eigenvalue weighted by atomic mass is 9.96. The monoisotopic (exact) mass is 326 g/mol. The van der Waals surface area contributed by atoms with E-state index in [0.29, 0.717) is 6.04 Å². The Balaban J connectivity index is 1.64. The first kappa shape index (κ1) is 16.4. The number of morpholine rings is 1. The van der Waals surface area contributed by atoms with Crippen molar-refractivity contribution in [3.05, 3.63) is 0 Å². The summed E-state index contributed by atoms with van der Waals surface area (Å²) in [4.78, 5) is 7.58. The second-order valence-corrected chi connectivity index (χ2v) is 7.89. The highest BCUT2D eigenvalue weighted by atomic mass is 32.2. The molecule has 1 aliphatic carbocycles. The van der Waals surface area contributed by atoms with Gasteiger partial charge in [-0.25, -0.2) is 0 Å². The molecule has 2 N–H and O–H groups in total. The van der Waals surface area contributed by atoms with Crippen LogP contribution in [-0.4, -0.2) is 73.3 Å². The Hall–Kier alpha value is -0.460. The Morgan fingerprint density at radius 3 is 2.77 bits per heavy atom. The standard InChI is InChI=1S/C16H30N4OS/c1-3-17-15(19-14-10-13(14)2)18-11-16(4-9-22-12-16)20-5-7-21-8-6-20/h13-14H,3-12H2,1-2H3,(H2,17,18,19). The smallest absolute Gasteiger partial charge is 0.191 e. The van der Waals surface area contributed by atoms with E-state index >= 15 is 0 Å². The number of thioether (sulfide) groups is 1. The molecule has 0 spiro atoms. The Morgan fingerprint density at radius 1 is 1.41 bits per heavy atom. The van der Waals surface area contributed by atoms with Gasteiger partial charge in [0.2, 0.25) is 0 Å². The van der Waals surface area contributed by atoms with Gasteiger partial charge >= 0.3 is 0 Å². The third kappa shape index (κ3) is 3.89. The van der Waals surface area contributed by atoms with E-state index in [4.69, 9.17) is 9.73 Å². The molecule has 0 aromatic carbocycles.